The van der Waals surface area contributed by atoms with Gasteiger partial charge in [-0.25, -0.2) is 0 Å². The summed E-state index contributed by atoms with van der Waals surface area (Å²) in [6.07, 6.45) is 0.536. The van der Waals surface area contributed by atoms with Crippen LogP contribution in [0.2, 0.25) is 4.34 Å². The maximum atomic E-state index is 11.6. The predicted molar refractivity (Wildman–Crippen MR) is 69.4 cm³/mol. The summed E-state index contributed by atoms with van der Waals surface area (Å²) in [6.45, 7) is 1.87. The van der Waals surface area contributed by atoms with E-state index in [0.717, 1.165) is 20.3 Å². The van der Waals surface area contributed by atoms with Crippen LogP contribution < -0.4 is 0 Å². The third-order valence-corrected chi connectivity index (χ3v) is 3.64. The first-order chi connectivity index (χ1) is 7.70. The third kappa shape index (κ3) is 2.34. The first-order valence-corrected chi connectivity index (χ1v) is 6.29. The summed E-state index contributed by atoms with van der Waals surface area (Å²) in [5.41, 5.74) is 1.82. The number of carbonyl (C=O) groups excluding carboxylic acids is 1. The summed E-state index contributed by atoms with van der Waals surface area (Å²) in [5.74, 6) is 0.171. The van der Waals surface area contributed by atoms with E-state index >= 15 is 0 Å². The van der Waals surface area contributed by atoms with Gasteiger partial charge in [0, 0.05) is 16.9 Å². The molecule has 0 aliphatic carbocycles. The van der Waals surface area contributed by atoms with Crippen LogP contribution >= 0.6 is 22.9 Å². The molecule has 0 spiro atoms. The summed E-state index contributed by atoms with van der Waals surface area (Å²) >= 11 is 7.41. The van der Waals surface area contributed by atoms with Crippen molar-refractivity contribution in [3.63, 3.8) is 0 Å². The van der Waals surface area contributed by atoms with E-state index in [2.05, 4.69) is 0 Å². The minimum absolute atomic E-state index is 0.171. The van der Waals surface area contributed by atoms with Gasteiger partial charge >= 0.3 is 0 Å². The van der Waals surface area contributed by atoms with Gasteiger partial charge in [0.15, 0.2) is 5.78 Å². The lowest BCUT2D eigenvalue weighted by molar-refractivity contribution is 0.0988. The quantitative estimate of drug-likeness (QED) is 0.724. The molecule has 1 aromatic carbocycles. The normalized spacial score (nSPS) is 10.4. The zero-order valence-electron chi connectivity index (χ0n) is 8.87. The Kier molecular flexibility index (Phi) is 3.42. The largest absolute Gasteiger partial charge is 0.294 e. The van der Waals surface area contributed by atoms with Crippen LogP contribution in [0.4, 0.5) is 0 Å². The topological polar surface area (TPSA) is 17.1 Å². The Morgan fingerprint density at radius 2 is 2.12 bits per heavy atom. The summed E-state index contributed by atoms with van der Waals surface area (Å²) in [5, 5.41) is 0. The molecular weight excluding hydrogens is 240 g/mol. The van der Waals surface area contributed by atoms with Crippen molar-refractivity contribution >= 4 is 28.7 Å². The van der Waals surface area contributed by atoms with Crippen LogP contribution in [0.3, 0.4) is 0 Å². The fraction of sp³-hybridized carbons (Fsp3) is 0.154. The van der Waals surface area contributed by atoms with Crippen LogP contribution in [0, 0.1) is 0 Å². The van der Waals surface area contributed by atoms with Crippen molar-refractivity contribution in [2.45, 2.75) is 13.3 Å². The summed E-state index contributed by atoms with van der Waals surface area (Å²) in [7, 11) is 0. The highest BCUT2D eigenvalue weighted by molar-refractivity contribution is 7.19. The second-order valence-electron chi connectivity index (χ2n) is 3.46. The Hall–Kier alpha value is -1.12. The molecule has 0 saturated carbocycles. The van der Waals surface area contributed by atoms with Crippen molar-refractivity contribution in [2.75, 3.05) is 0 Å². The molecule has 82 valence electrons. The van der Waals surface area contributed by atoms with Gasteiger partial charge in [0.05, 0.1) is 4.34 Å². The molecule has 1 nitrogen and oxygen atoms in total. The average Bonchev–Trinajstić information content (AvgIpc) is 2.75. The monoisotopic (exact) mass is 250 g/mol. The van der Waals surface area contributed by atoms with Gasteiger partial charge in [-0.1, -0.05) is 36.7 Å². The first-order valence-electron chi connectivity index (χ1n) is 5.09. The maximum Gasteiger partial charge on any atom is 0.162 e. The Morgan fingerprint density at radius 3 is 2.75 bits per heavy atom. The van der Waals surface area contributed by atoms with E-state index in [1.165, 1.54) is 11.3 Å². The zero-order chi connectivity index (χ0) is 11.5. The SMILES string of the molecule is CCC(=O)c1cccc(-c2ccc(Cl)s2)c1. The number of rotatable bonds is 3. The van der Waals surface area contributed by atoms with Gasteiger partial charge in [0.25, 0.3) is 0 Å². The molecule has 0 amide bonds. The van der Waals surface area contributed by atoms with Crippen LogP contribution in [-0.4, -0.2) is 5.78 Å². The number of Topliss-reactive ketones (excluding diaryl/α,β-unsaturated/α-hetero) is 1. The average molecular weight is 251 g/mol. The molecule has 16 heavy (non-hydrogen) atoms. The molecule has 0 fully saturated rings. The Morgan fingerprint density at radius 1 is 1.31 bits per heavy atom. The molecule has 2 rings (SSSR count). The lowest BCUT2D eigenvalue weighted by Gasteiger charge is -2.01. The lowest BCUT2D eigenvalue weighted by Crippen LogP contribution is -1.95. The van der Waals surface area contributed by atoms with Crippen molar-refractivity contribution in [2.24, 2.45) is 0 Å². The van der Waals surface area contributed by atoms with Crippen LogP contribution in [0.15, 0.2) is 36.4 Å². The van der Waals surface area contributed by atoms with E-state index in [1.54, 1.807) is 0 Å². The van der Waals surface area contributed by atoms with E-state index in [-0.39, 0.29) is 5.78 Å². The number of halogens is 1. The lowest BCUT2D eigenvalue weighted by atomic mass is 10.1. The molecule has 0 radical (unpaired) electrons. The smallest absolute Gasteiger partial charge is 0.162 e. The zero-order valence-corrected chi connectivity index (χ0v) is 10.4. The van der Waals surface area contributed by atoms with Crippen molar-refractivity contribution < 1.29 is 4.79 Å². The molecular formula is C13H11ClOS. The van der Waals surface area contributed by atoms with E-state index in [0.29, 0.717) is 6.42 Å². The number of hydrogen-bond acceptors (Lipinski definition) is 2. The predicted octanol–water partition coefficient (Wildman–Crippen LogP) is 4.66. The molecule has 0 saturated heterocycles. The highest BCUT2D eigenvalue weighted by atomic mass is 35.5. The molecule has 0 unspecified atom stereocenters. The van der Waals surface area contributed by atoms with Gasteiger partial charge < -0.3 is 0 Å². The molecule has 0 N–H and O–H groups in total. The van der Waals surface area contributed by atoms with Gasteiger partial charge in [0.2, 0.25) is 0 Å². The maximum absolute atomic E-state index is 11.6. The molecule has 0 aliphatic heterocycles. The van der Waals surface area contributed by atoms with Gasteiger partial charge in [-0.15, -0.1) is 11.3 Å². The minimum Gasteiger partial charge on any atom is -0.294 e. The summed E-state index contributed by atoms with van der Waals surface area (Å²) < 4.78 is 0.766. The van der Waals surface area contributed by atoms with Gasteiger partial charge in [-0.05, 0) is 23.8 Å². The number of benzene rings is 1. The van der Waals surface area contributed by atoms with E-state index in [4.69, 9.17) is 11.6 Å². The van der Waals surface area contributed by atoms with Crippen LogP contribution in [0.5, 0.6) is 0 Å². The molecule has 0 atom stereocenters. The molecule has 1 aromatic heterocycles. The van der Waals surface area contributed by atoms with Crippen LogP contribution in [-0.2, 0) is 0 Å². The Labute approximate surface area is 104 Å². The number of ketones is 1. The van der Waals surface area contributed by atoms with Crippen molar-refractivity contribution in [3.05, 3.63) is 46.3 Å². The Balaban J connectivity index is 2.39. The van der Waals surface area contributed by atoms with Crippen LogP contribution in [0.1, 0.15) is 23.7 Å². The summed E-state index contributed by atoms with van der Waals surface area (Å²) in [4.78, 5) is 12.7. The minimum atomic E-state index is 0.171. The fourth-order valence-corrected chi connectivity index (χ4v) is 2.56. The highest BCUT2D eigenvalue weighted by Gasteiger charge is 2.06. The van der Waals surface area contributed by atoms with E-state index in [9.17, 15) is 4.79 Å². The first kappa shape index (κ1) is 11.4. The van der Waals surface area contributed by atoms with Gasteiger partial charge in [-0.2, -0.15) is 0 Å². The number of thiophene rings is 1. The molecule has 3 heteroatoms. The van der Waals surface area contributed by atoms with E-state index < -0.39 is 0 Å². The standard InChI is InChI=1S/C13H11ClOS/c1-2-11(15)9-4-3-5-10(8-9)12-6-7-13(14)16-12/h3-8H,2H2,1H3. The summed E-state index contributed by atoms with van der Waals surface area (Å²) in [6, 6.07) is 11.5. The molecule has 0 bridgehead atoms. The molecule has 2 aromatic rings. The highest BCUT2D eigenvalue weighted by Crippen LogP contribution is 2.31. The van der Waals surface area contributed by atoms with Crippen molar-refractivity contribution in [1.29, 1.82) is 0 Å². The second kappa shape index (κ2) is 4.81. The molecule has 1 heterocycles. The van der Waals surface area contributed by atoms with Crippen LogP contribution in [0.25, 0.3) is 10.4 Å². The second-order valence-corrected chi connectivity index (χ2v) is 5.18. The number of hydrogen-bond donors (Lipinski definition) is 0. The number of carbonyl (C=O) groups is 1. The Bertz CT molecular complexity index is 516. The fourth-order valence-electron chi connectivity index (χ4n) is 1.52. The van der Waals surface area contributed by atoms with Gasteiger partial charge in [-0.3, -0.25) is 4.79 Å². The van der Waals surface area contributed by atoms with E-state index in [1.807, 2.05) is 43.3 Å². The van der Waals surface area contributed by atoms with Crippen molar-refractivity contribution in [1.82, 2.24) is 0 Å². The van der Waals surface area contributed by atoms with Crippen molar-refractivity contribution in [3.8, 4) is 10.4 Å². The van der Waals surface area contributed by atoms with Gasteiger partial charge in [0.1, 0.15) is 0 Å². The molecule has 0 aliphatic rings. The third-order valence-electron chi connectivity index (χ3n) is 2.36.